The standard InChI is InChI=1S/C10H14N4O3/c1-10(2,14-9(16)17)8(15)13-7-5-12-4-3-6(7)11/h3-5,14H,1-2H3,(H2,11,12)(H,13,15)(H,16,17). The maximum Gasteiger partial charge on any atom is 0.405 e. The molecule has 0 spiro atoms. The molecule has 0 atom stereocenters. The van der Waals surface area contributed by atoms with Gasteiger partial charge in [-0.1, -0.05) is 0 Å². The van der Waals surface area contributed by atoms with Crippen LogP contribution in [-0.4, -0.2) is 27.6 Å². The van der Waals surface area contributed by atoms with Gasteiger partial charge in [0.15, 0.2) is 0 Å². The molecule has 1 heterocycles. The molecule has 0 radical (unpaired) electrons. The Labute approximate surface area is 98.0 Å². The van der Waals surface area contributed by atoms with Crippen LogP contribution in [-0.2, 0) is 4.79 Å². The summed E-state index contributed by atoms with van der Waals surface area (Å²) in [5, 5.41) is 13.2. The lowest BCUT2D eigenvalue weighted by atomic mass is 10.0. The smallest absolute Gasteiger partial charge is 0.405 e. The second-order valence-corrected chi connectivity index (χ2v) is 3.97. The molecule has 0 unspecified atom stereocenters. The summed E-state index contributed by atoms with van der Waals surface area (Å²) >= 11 is 0. The predicted octanol–water partition coefficient (Wildman–Crippen LogP) is 0.648. The molecular weight excluding hydrogens is 224 g/mol. The van der Waals surface area contributed by atoms with Crippen LogP contribution in [0.15, 0.2) is 18.5 Å². The van der Waals surface area contributed by atoms with Crippen molar-refractivity contribution in [2.24, 2.45) is 0 Å². The highest BCUT2D eigenvalue weighted by Crippen LogP contribution is 2.17. The maximum atomic E-state index is 11.8. The first-order chi connectivity index (χ1) is 7.83. The molecule has 0 aliphatic heterocycles. The molecule has 7 nitrogen and oxygen atoms in total. The summed E-state index contributed by atoms with van der Waals surface area (Å²) in [7, 11) is 0. The number of hydrogen-bond acceptors (Lipinski definition) is 4. The first-order valence-electron chi connectivity index (χ1n) is 4.85. The summed E-state index contributed by atoms with van der Waals surface area (Å²) < 4.78 is 0. The molecule has 0 fully saturated rings. The third kappa shape index (κ3) is 3.33. The van der Waals surface area contributed by atoms with Gasteiger partial charge in [0.05, 0.1) is 17.6 Å². The van der Waals surface area contributed by atoms with Crippen molar-refractivity contribution in [3.8, 4) is 0 Å². The number of nitrogens with one attached hydrogen (secondary N) is 2. The minimum Gasteiger partial charge on any atom is -0.465 e. The Morgan fingerprint density at radius 3 is 2.65 bits per heavy atom. The molecule has 17 heavy (non-hydrogen) atoms. The van der Waals surface area contributed by atoms with E-state index in [2.05, 4.69) is 15.6 Å². The molecular formula is C10H14N4O3. The van der Waals surface area contributed by atoms with Crippen LogP contribution < -0.4 is 16.4 Å². The van der Waals surface area contributed by atoms with Gasteiger partial charge in [-0.15, -0.1) is 0 Å². The number of carbonyl (C=O) groups excluding carboxylic acids is 1. The van der Waals surface area contributed by atoms with Gasteiger partial charge in [-0.05, 0) is 19.9 Å². The second-order valence-electron chi connectivity index (χ2n) is 3.97. The van der Waals surface area contributed by atoms with E-state index >= 15 is 0 Å². The number of amides is 2. The molecule has 0 saturated heterocycles. The summed E-state index contributed by atoms with van der Waals surface area (Å²) in [5.74, 6) is -0.514. The Bertz CT molecular complexity index is 445. The van der Waals surface area contributed by atoms with Crippen LogP contribution in [0.3, 0.4) is 0 Å². The van der Waals surface area contributed by atoms with Gasteiger partial charge < -0.3 is 21.5 Å². The molecule has 0 saturated carbocycles. The predicted molar refractivity (Wildman–Crippen MR) is 62.5 cm³/mol. The normalized spacial score (nSPS) is 10.7. The molecule has 0 aliphatic rings. The van der Waals surface area contributed by atoms with Crippen LogP contribution in [0.2, 0.25) is 0 Å². The minimum absolute atomic E-state index is 0.345. The van der Waals surface area contributed by atoms with Crippen LogP contribution >= 0.6 is 0 Å². The zero-order valence-corrected chi connectivity index (χ0v) is 9.52. The highest BCUT2D eigenvalue weighted by Gasteiger charge is 2.29. The number of nitrogens with two attached hydrogens (primary N) is 1. The first kappa shape index (κ1) is 12.8. The van der Waals surface area contributed by atoms with Crippen LogP contribution in [0.5, 0.6) is 0 Å². The molecule has 92 valence electrons. The molecule has 1 aromatic heterocycles. The summed E-state index contributed by atoms with van der Waals surface area (Å²) in [6.07, 6.45) is 1.61. The van der Waals surface area contributed by atoms with Crippen molar-refractivity contribution >= 4 is 23.4 Å². The van der Waals surface area contributed by atoms with Gasteiger partial charge in [0.25, 0.3) is 0 Å². The van der Waals surface area contributed by atoms with Crippen LogP contribution in [0, 0.1) is 0 Å². The summed E-state index contributed by atoms with van der Waals surface area (Å²) in [5.41, 5.74) is 5.07. The molecule has 7 heteroatoms. The van der Waals surface area contributed by atoms with E-state index in [1.165, 1.54) is 32.3 Å². The van der Waals surface area contributed by atoms with Crippen molar-refractivity contribution < 1.29 is 14.7 Å². The second kappa shape index (κ2) is 4.69. The van der Waals surface area contributed by atoms with Gasteiger partial charge in [-0.2, -0.15) is 0 Å². The number of nitrogens with zero attached hydrogens (tertiary/aromatic N) is 1. The van der Waals surface area contributed by atoms with E-state index in [9.17, 15) is 9.59 Å². The average Bonchev–Trinajstić information content (AvgIpc) is 2.19. The van der Waals surface area contributed by atoms with Crippen molar-refractivity contribution in [3.05, 3.63) is 18.5 Å². The number of carboxylic acid groups (broad SMARTS) is 1. The van der Waals surface area contributed by atoms with E-state index in [1.807, 2.05) is 0 Å². The fourth-order valence-electron chi connectivity index (χ4n) is 1.11. The highest BCUT2D eigenvalue weighted by molar-refractivity contribution is 6.00. The molecule has 1 aromatic rings. The highest BCUT2D eigenvalue weighted by atomic mass is 16.4. The van der Waals surface area contributed by atoms with Crippen molar-refractivity contribution in [1.82, 2.24) is 10.3 Å². The topological polar surface area (TPSA) is 117 Å². The van der Waals surface area contributed by atoms with Gasteiger partial charge in [-0.25, -0.2) is 4.79 Å². The number of anilines is 2. The Morgan fingerprint density at radius 2 is 2.12 bits per heavy atom. The number of rotatable bonds is 3. The number of aromatic nitrogens is 1. The largest absolute Gasteiger partial charge is 0.465 e. The number of pyridine rings is 1. The lowest BCUT2D eigenvalue weighted by molar-refractivity contribution is -0.121. The Hall–Kier alpha value is -2.31. The SMILES string of the molecule is CC(C)(NC(=O)O)C(=O)Nc1cnccc1N. The van der Waals surface area contributed by atoms with Crippen molar-refractivity contribution in [2.75, 3.05) is 11.1 Å². The lowest BCUT2D eigenvalue weighted by Gasteiger charge is -2.23. The molecule has 5 N–H and O–H groups in total. The minimum atomic E-state index is -1.27. The third-order valence-corrected chi connectivity index (χ3v) is 2.09. The van der Waals surface area contributed by atoms with Crippen molar-refractivity contribution in [1.29, 1.82) is 0 Å². The van der Waals surface area contributed by atoms with Crippen LogP contribution in [0.25, 0.3) is 0 Å². The lowest BCUT2D eigenvalue weighted by Crippen LogP contribution is -2.51. The Kier molecular flexibility index (Phi) is 3.52. The maximum absolute atomic E-state index is 11.8. The summed E-state index contributed by atoms with van der Waals surface area (Å²) in [6.45, 7) is 2.89. The summed E-state index contributed by atoms with van der Waals surface area (Å²) in [4.78, 5) is 26.1. The van der Waals surface area contributed by atoms with Crippen LogP contribution in [0.4, 0.5) is 16.2 Å². The van der Waals surface area contributed by atoms with E-state index in [0.717, 1.165) is 0 Å². The van der Waals surface area contributed by atoms with E-state index in [0.29, 0.717) is 11.4 Å². The monoisotopic (exact) mass is 238 g/mol. The van der Waals surface area contributed by atoms with E-state index in [4.69, 9.17) is 10.8 Å². The van der Waals surface area contributed by atoms with Crippen molar-refractivity contribution in [3.63, 3.8) is 0 Å². The van der Waals surface area contributed by atoms with E-state index in [1.54, 1.807) is 0 Å². The zero-order chi connectivity index (χ0) is 13.1. The first-order valence-corrected chi connectivity index (χ1v) is 4.85. The average molecular weight is 238 g/mol. The van der Waals surface area contributed by atoms with Gasteiger partial charge in [0.1, 0.15) is 5.54 Å². The molecule has 0 aromatic carbocycles. The molecule has 2 amide bonds. The molecule has 1 rings (SSSR count). The van der Waals surface area contributed by atoms with Crippen molar-refractivity contribution in [2.45, 2.75) is 19.4 Å². The third-order valence-electron chi connectivity index (χ3n) is 2.09. The van der Waals surface area contributed by atoms with Gasteiger partial charge in [0.2, 0.25) is 5.91 Å². The number of nitrogen functional groups attached to an aromatic ring is 1. The summed E-state index contributed by atoms with van der Waals surface area (Å²) in [6, 6.07) is 1.53. The number of carbonyl (C=O) groups is 2. The van der Waals surface area contributed by atoms with Gasteiger partial charge in [0, 0.05) is 6.20 Å². The zero-order valence-electron chi connectivity index (χ0n) is 9.52. The Balaban J connectivity index is 2.79. The van der Waals surface area contributed by atoms with Crippen LogP contribution in [0.1, 0.15) is 13.8 Å². The van der Waals surface area contributed by atoms with E-state index < -0.39 is 17.5 Å². The quantitative estimate of drug-likeness (QED) is 0.616. The number of hydrogen-bond donors (Lipinski definition) is 4. The van der Waals surface area contributed by atoms with Gasteiger partial charge >= 0.3 is 6.09 Å². The molecule has 0 bridgehead atoms. The van der Waals surface area contributed by atoms with Gasteiger partial charge in [-0.3, -0.25) is 9.78 Å². The Morgan fingerprint density at radius 1 is 1.47 bits per heavy atom. The fraction of sp³-hybridized carbons (Fsp3) is 0.300. The molecule has 0 aliphatic carbocycles. The fourth-order valence-corrected chi connectivity index (χ4v) is 1.11. The van der Waals surface area contributed by atoms with E-state index in [-0.39, 0.29) is 0 Å².